The number of anilines is 2. The third kappa shape index (κ3) is 6.78. The number of sulfonamides is 1. The molecule has 3 aliphatic rings. The summed E-state index contributed by atoms with van der Waals surface area (Å²) in [5.74, 6) is 0.169. The lowest BCUT2D eigenvalue weighted by molar-refractivity contribution is -0.0608. The fourth-order valence-electron chi connectivity index (χ4n) is 5.89. The third-order valence-corrected chi connectivity index (χ3v) is 10.2. The maximum atomic E-state index is 13.8. The van der Waals surface area contributed by atoms with Crippen molar-refractivity contribution in [2.45, 2.75) is 96.0 Å². The number of hydrogen-bond donors (Lipinski definition) is 4. The van der Waals surface area contributed by atoms with Crippen molar-refractivity contribution in [3.8, 4) is 0 Å². The van der Waals surface area contributed by atoms with Crippen LogP contribution in [0, 0.1) is 5.41 Å². The average Bonchev–Trinajstić information content (AvgIpc) is 2.92. The van der Waals surface area contributed by atoms with Gasteiger partial charge in [-0.1, -0.05) is 44.2 Å². The van der Waals surface area contributed by atoms with Crippen LogP contribution >= 0.6 is 0 Å². The van der Waals surface area contributed by atoms with E-state index in [1.54, 1.807) is 6.07 Å². The molecule has 2 bridgehead atoms. The van der Waals surface area contributed by atoms with Crippen molar-refractivity contribution in [1.29, 1.82) is 0 Å². The second-order valence-corrected chi connectivity index (χ2v) is 14.4. The summed E-state index contributed by atoms with van der Waals surface area (Å²) in [5.41, 5.74) is 1.20. The Morgan fingerprint density at radius 3 is 2.42 bits per heavy atom. The number of piperidine rings is 2. The van der Waals surface area contributed by atoms with Gasteiger partial charge in [0.05, 0.1) is 18.4 Å². The number of pyridine rings is 1. The molecule has 1 aromatic heterocycles. The summed E-state index contributed by atoms with van der Waals surface area (Å²) in [5, 5.41) is 22.0. The molecule has 0 spiro atoms. The fourth-order valence-corrected chi connectivity index (χ4v) is 6.32. The zero-order chi connectivity index (χ0) is 29.3. The lowest BCUT2D eigenvalue weighted by Gasteiger charge is -2.58. The number of fused-ring (bicyclic) bond motifs is 3. The molecular formula is C30H45N5O4S. The standard InChI is InChI=1S/C30H45N5O4S/c1-7-20(2)31-24-18-22(19-25(33-24)35(5)40(6,38)39)28(37)32-23(17-21-11-9-8-10-12-21)26(36)27-29(3)13-15-30(4,34-27)16-14-29/h8-12,18-20,23,26-27,34,36H,7,13-17H2,1-6H3,(H,31,33)(H,32,37)/t20-,23-,26-,27-,29?,30?/m0/s1. The first-order valence-electron chi connectivity index (χ1n) is 14.3. The van der Waals surface area contributed by atoms with E-state index in [2.05, 4.69) is 34.8 Å². The van der Waals surface area contributed by atoms with Crippen LogP contribution in [0.15, 0.2) is 42.5 Å². The molecule has 0 radical (unpaired) electrons. The highest BCUT2D eigenvalue weighted by Crippen LogP contribution is 2.49. The van der Waals surface area contributed by atoms with Crippen LogP contribution in [0.25, 0.3) is 0 Å². The number of nitrogens with one attached hydrogen (secondary N) is 3. The first kappa shape index (κ1) is 30.3. The molecule has 1 amide bonds. The molecule has 220 valence electrons. The number of nitrogens with zero attached hydrogens (tertiary/aromatic N) is 2. The molecule has 2 aromatic rings. The van der Waals surface area contributed by atoms with Crippen molar-refractivity contribution in [2.75, 3.05) is 22.9 Å². The summed E-state index contributed by atoms with van der Waals surface area (Å²) >= 11 is 0. The summed E-state index contributed by atoms with van der Waals surface area (Å²) in [7, 11) is -2.18. The monoisotopic (exact) mass is 571 g/mol. The predicted octanol–water partition coefficient (Wildman–Crippen LogP) is 3.70. The van der Waals surface area contributed by atoms with E-state index in [1.807, 2.05) is 44.2 Å². The molecule has 3 heterocycles. The van der Waals surface area contributed by atoms with Crippen LogP contribution in [-0.2, 0) is 16.4 Å². The molecular weight excluding hydrogens is 526 g/mol. The van der Waals surface area contributed by atoms with Crippen LogP contribution in [-0.4, -0.2) is 67.5 Å². The molecule has 3 fully saturated rings. The maximum absolute atomic E-state index is 13.8. The topological polar surface area (TPSA) is 124 Å². The number of hydrogen-bond acceptors (Lipinski definition) is 7. The number of rotatable bonds is 11. The van der Waals surface area contributed by atoms with Crippen molar-refractivity contribution >= 4 is 27.6 Å². The number of aromatic nitrogens is 1. The summed E-state index contributed by atoms with van der Waals surface area (Å²) in [6.07, 6.45) is 5.75. The molecule has 2 saturated heterocycles. The van der Waals surface area contributed by atoms with E-state index in [-0.39, 0.29) is 34.4 Å². The van der Waals surface area contributed by atoms with E-state index in [0.717, 1.165) is 48.2 Å². The van der Waals surface area contributed by atoms with E-state index < -0.39 is 28.1 Å². The number of aliphatic hydroxyl groups excluding tert-OH is 1. The normalized spacial score (nSPS) is 26.5. The van der Waals surface area contributed by atoms with Gasteiger partial charge < -0.3 is 21.1 Å². The molecule has 1 saturated carbocycles. The maximum Gasteiger partial charge on any atom is 0.251 e. The smallest absolute Gasteiger partial charge is 0.251 e. The van der Waals surface area contributed by atoms with Gasteiger partial charge >= 0.3 is 0 Å². The Kier molecular flexibility index (Phi) is 8.82. The highest BCUT2D eigenvalue weighted by molar-refractivity contribution is 7.92. The first-order valence-corrected chi connectivity index (χ1v) is 16.1. The largest absolute Gasteiger partial charge is 0.389 e. The van der Waals surface area contributed by atoms with Crippen LogP contribution < -0.4 is 20.3 Å². The average molecular weight is 572 g/mol. The Hall–Kier alpha value is -2.69. The first-order chi connectivity index (χ1) is 18.7. The van der Waals surface area contributed by atoms with E-state index in [4.69, 9.17) is 0 Å². The predicted molar refractivity (Wildman–Crippen MR) is 160 cm³/mol. The van der Waals surface area contributed by atoms with Gasteiger partial charge in [-0.3, -0.25) is 9.10 Å². The third-order valence-electron chi connectivity index (χ3n) is 9.02. The second-order valence-electron chi connectivity index (χ2n) is 12.4. The van der Waals surface area contributed by atoms with Crippen LogP contribution in [0.1, 0.15) is 75.7 Å². The van der Waals surface area contributed by atoms with Gasteiger partial charge in [0.1, 0.15) is 11.6 Å². The van der Waals surface area contributed by atoms with E-state index in [9.17, 15) is 18.3 Å². The van der Waals surface area contributed by atoms with Crippen molar-refractivity contribution in [3.63, 3.8) is 0 Å². The Morgan fingerprint density at radius 2 is 1.82 bits per heavy atom. The van der Waals surface area contributed by atoms with Crippen LogP contribution in [0.4, 0.5) is 11.6 Å². The van der Waals surface area contributed by atoms with Gasteiger partial charge in [0.15, 0.2) is 0 Å². The number of amides is 1. The molecule has 2 aliphatic heterocycles. The van der Waals surface area contributed by atoms with Crippen LogP contribution in [0.2, 0.25) is 0 Å². The Morgan fingerprint density at radius 1 is 1.18 bits per heavy atom. The van der Waals surface area contributed by atoms with Gasteiger partial charge in [0.2, 0.25) is 10.0 Å². The number of benzene rings is 1. The van der Waals surface area contributed by atoms with Gasteiger partial charge in [-0.2, -0.15) is 0 Å². The molecule has 1 aliphatic carbocycles. The number of carbonyl (C=O) groups excluding carboxylic acids is 1. The summed E-state index contributed by atoms with van der Waals surface area (Å²) in [4.78, 5) is 18.3. The number of carbonyl (C=O) groups is 1. The van der Waals surface area contributed by atoms with Gasteiger partial charge in [0.25, 0.3) is 5.91 Å². The minimum absolute atomic E-state index is 0.0164. The molecule has 4 N–H and O–H groups in total. The Bertz CT molecular complexity index is 1290. The lowest BCUT2D eigenvalue weighted by Crippen LogP contribution is -2.70. The van der Waals surface area contributed by atoms with E-state index in [1.165, 1.54) is 13.1 Å². The van der Waals surface area contributed by atoms with Gasteiger partial charge in [-0.25, -0.2) is 13.4 Å². The van der Waals surface area contributed by atoms with Crippen molar-refractivity contribution in [1.82, 2.24) is 15.6 Å². The molecule has 40 heavy (non-hydrogen) atoms. The highest BCUT2D eigenvalue weighted by atomic mass is 32.2. The molecule has 10 heteroatoms. The zero-order valence-corrected chi connectivity index (χ0v) is 25.4. The minimum Gasteiger partial charge on any atom is -0.389 e. The quantitative estimate of drug-likeness (QED) is 0.324. The van der Waals surface area contributed by atoms with E-state index in [0.29, 0.717) is 12.2 Å². The number of aliphatic hydroxyl groups is 1. The van der Waals surface area contributed by atoms with Crippen LogP contribution in [0.5, 0.6) is 0 Å². The van der Waals surface area contributed by atoms with Crippen molar-refractivity contribution in [3.05, 3.63) is 53.6 Å². The minimum atomic E-state index is -3.60. The Labute approximate surface area is 239 Å². The van der Waals surface area contributed by atoms with Gasteiger partial charge in [-0.05, 0) is 75.5 Å². The van der Waals surface area contributed by atoms with Crippen molar-refractivity contribution in [2.24, 2.45) is 5.41 Å². The van der Waals surface area contributed by atoms with Gasteiger partial charge in [0, 0.05) is 30.2 Å². The summed E-state index contributed by atoms with van der Waals surface area (Å²) in [6.45, 7) is 8.47. The Balaban J connectivity index is 1.66. The second kappa shape index (κ2) is 11.7. The molecule has 1 aromatic carbocycles. The zero-order valence-electron chi connectivity index (χ0n) is 24.6. The highest BCUT2D eigenvalue weighted by Gasteiger charge is 2.53. The molecule has 9 nitrogen and oxygen atoms in total. The lowest BCUT2D eigenvalue weighted by atomic mass is 9.59. The van der Waals surface area contributed by atoms with E-state index >= 15 is 0 Å². The SMILES string of the molecule is CC[C@H](C)Nc1cc(C(=O)N[C@@H](Cc2ccccc2)[C@H](O)[C@@H]2NC3(C)CCC2(C)CC3)cc(N(C)S(C)(=O)=O)n1. The van der Waals surface area contributed by atoms with Crippen molar-refractivity contribution < 1.29 is 18.3 Å². The summed E-state index contributed by atoms with van der Waals surface area (Å²) in [6, 6.07) is 12.3. The summed E-state index contributed by atoms with van der Waals surface area (Å²) < 4.78 is 25.6. The molecule has 0 unspecified atom stereocenters. The molecule has 4 atom stereocenters. The van der Waals surface area contributed by atoms with Crippen LogP contribution in [0.3, 0.4) is 0 Å². The van der Waals surface area contributed by atoms with Gasteiger partial charge in [-0.15, -0.1) is 0 Å². The molecule has 5 rings (SSSR count). The fraction of sp³-hybridized carbons (Fsp3) is 0.600.